The lowest BCUT2D eigenvalue weighted by atomic mass is 9.95. The van der Waals surface area contributed by atoms with Crippen molar-refractivity contribution >= 4 is 17.2 Å². The van der Waals surface area contributed by atoms with Crippen LogP contribution in [0.2, 0.25) is 0 Å². The Hall–Kier alpha value is -2.47. The second-order valence-corrected chi connectivity index (χ2v) is 8.82. The molecule has 1 aromatic carbocycles. The minimum atomic E-state index is 0.367. The lowest BCUT2D eigenvalue weighted by molar-refractivity contribution is 0.233. The van der Waals surface area contributed by atoms with E-state index < -0.39 is 0 Å². The van der Waals surface area contributed by atoms with E-state index in [9.17, 15) is 0 Å². The van der Waals surface area contributed by atoms with Crippen LogP contribution in [0.4, 0.5) is 11.5 Å². The minimum absolute atomic E-state index is 0.367. The number of rotatable bonds is 5. The molecule has 148 valence electrons. The van der Waals surface area contributed by atoms with Gasteiger partial charge in [0.05, 0.1) is 11.4 Å². The number of nitrogens with one attached hydrogen (secondary N) is 1. The standard InChI is InChI=1S/C22H30N6/c1-15-13-28(9-8-27(15)3)20-11-19(25-14-26-20)21(24)17-10-16(4-5-18(17)23)12-22(2)6-7-22/h4-5,10-11,14-15,24H,6-9,12-13,23H2,1-3H3. The van der Waals surface area contributed by atoms with Crippen LogP contribution in [0.5, 0.6) is 0 Å². The lowest BCUT2D eigenvalue weighted by Crippen LogP contribution is -2.50. The zero-order valence-electron chi connectivity index (χ0n) is 17.1. The second-order valence-electron chi connectivity index (χ2n) is 8.82. The van der Waals surface area contributed by atoms with E-state index >= 15 is 0 Å². The molecule has 1 saturated heterocycles. The number of nitrogens with zero attached hydrogens (tertiary/aromatic N) is 4. The number of hydrogen-bond acceptors (Lipinski definition) is 6. The predicted molar refractivity (Wildman–Crippen MR) is 114 cm³/mol. The largest absolute Gasteiger partial charge is 0.398 e. The van der Waals surface area contributed by atoms with Crippen molar-refractivity contribution in [3.8, 4) is 0 Å². The van der Waals surface area contributed by atoms with Crippen molar-refractivity contribution in [3.05, 3.63) is 47.4 Å². The average Bonchev–Trinajstić information content (AvgIpc) is 3.42. The molecule has 0 amide bonds. The number of likely N-dealkylation sites (N-methyl/N-ethyl adjacent to an activating group) is 1. The van der Waals surface area contributed by atoms with Gasteiger partial charge in [0.15, 0.2) is 0 Å². The zero-order valence-corrected chi connectivity index (χ0v) is 17.1. The third-order valence-corrected chi connectivity index (χ3v) is 6.31. The fourth-order valence-corrected chi connectivity index (χ4v) is 3.86. The molecule has 2 fully saturated rings. The molecule has 3 N–H and O–H groups in total. The Morgan fingerprint density at radius 2 is 2.04 bits per heavy atom. The van der Waals surface area contributed by atoms with E-state index in [-0.39, 0.29) is 0 Å². The summed E-state index contributed by atoms with van der Waals surface area (Å²) in [6.07, 6.45) is 5.17. The van der Waals surface area contributed by atoms with E-state index in [2.05, 4.69) is 52.8 Å². The third kappa shape index (κ3) is 3.87. The number of nitrogens with two attached hydrogens (primary N) is 1. The molecule has 6 heteroatoms. The molecular weight excluding hydrogens is 348 g/mol. The summed E-state index contributed by atoms with van der Waals surface area (Å²) in [5.74, 6) is 0.884. The molecule has 2 aliphatic rings. The highest BCUT2D eigenvalue weighted by atomic mass is 15.3. The van der Waals surface area contributed by atoms with Gasteiger partial charge in [-0.3, -0.25) is 5.41 Å². The van der Waals surface area contributed by atoms with Gasteiger partial charge in [0.1, 0.15) is 12.1 Å². The highest BCUT2D eigenvalue weighted by Gasteiger charge is 2.37. The van der Waals surface area contributed by atoms with Gasteiger partial charge >= 0.3 is 0 Å². The molecule has 1 aliphatic heterocycles. The molecular formula is C22H30N6. The summed E-state index contributed by atoms with van der Waals surface area (Å²) in [6.45, 7) is 7.41. The molecule has 2 heterocycles. The summed E-state index contributed by atoms with van der Waals surface area (Å²) in [7, 11) is 2.15. The second kappa shape index (κ2) is 7.17. The number of nitrogen functional groups attached to an aromatic ring is 1. The summed E-state index contributed by atoms with van der Waals surface area (Å²) < 4.78 is 0. The average molecular weight is 379 g/mol. The van der Waals surface area contributed by atoms with Crippen molar-refractivity contribution in [3.63, 3.8) is 0 Å². The van der Waals surface area contributed by atoms with Crippen LogP contribution >= 0.6 is 0 Å². The Morgan fingerprint density at radius 3 is 2.75 bits per heavy atom. The van der Waals surface area contributed by atoms with E-state index in [4.69, 9.17) is 11.1 Å². The van der Waals surface area contributed by atoms with E-state index in [1.54, 1.807) is 6.33 Å². The van der Waals surface area contributed by atoms with Gasteiger partial charge in [-0.25, -0.2) is 9.97 Å². The Balaban J connectivity index is 1.57. The molecule has 0 spiro atoms. The Labute approximate surface area is 167 Å². The van der Waals surface area contributed by atoms with Gasteiger partial charge in [0, 0.05) is 43.0 Å². The first-order valence-electron chi connectivity index (χ1n) is 10.1. The Bertz CT molecular complexity index is 888. The first kappa shape index (κ1) is 18.9. The maximum atomic E-state index is 8.74. The van der Waals surface area contributed by atoms with Crippen LogP contribution in [0.1, 0.15) is 43.5 Å². The molecule has 0 radical (unpaired) electrons. The summed E-state index contributed by atoms with van der Waals surface area (Å²) in [4.78, 5) is 13.5. The summed E-state index contributed by atoms with van der Waals surface area (Å²) >= 11 is 0. The van der Waals surface area contributed by atoms with Crippen molar-refractivity contribution in [1.82, 2.24) is 14.9 Å². The highest BCUT2D eigenvalue weighted by Crippen LogP contribution is 2.47. The summed E-state index contributed by atoms with van der Waals surface area (Å²) in [5, 5.41) is 8.74. The quantitative estimate of drug-likeness (QED) is 0.617. The fourth-order valence-electron chi connectivity index (χ4n) is 3.86. The van der Waals surface area contributed by atoms with E-state index in [1.807, 2.05) is 12.1 Å². The van der Waals surface area contributed by atoms with Gasteiger partial charge in [-0.15, -0.1) is 0 Å². The predicted octanol–water partition coefficient (Wildman–Crippen LogP) is 2.96. The zero-order chi connectivity index (χ0) is 19.9. The number of aromatic nitrogens is 2. The normalized spacial score (nSPS) is 21.5. The van der Waals surface area contributed by atoms with Crippen molar-refractivity contribution in [2.24, 2.45) is 5.41 Å². The van der Waals surface area contributed by atoms with Crippen LogP contribution in [-0.4, -0.2) is 53.3 Å². The smallest absolute Gasteiger partial charge is 0.132 e. The molecule has 1 saturated carbocycles. The van der Waals surface area contributed by atoms with Crippen molar-refractivity contribution in [1.29, 1.82) is 5.41 Å². The van der Waals surface area contributed by atoms with Crippen LogP contribution in [0.3, 0.4) is 0 Å². The van der Waals surface area contributed by atoms with Crippen LogP contribution in [-0.2, 0) is 6.42 Å². The topological polar surface area (TPSA) is 82.1 Å². The minimum Gasteiger partial charge on any atom is -0.398 e. The van der Waals surface area contributed by atoms with E-state index in [0.717, 1.165) is 37.4 Å². The van der Waals surface area contributed by atoms with Gasteiger partial charge in [0.2, 0.25) is 0 Å². The Kier molecular flexibility index (Phi) is 4.83. The number of hydrogen-bond donors (Lipinski definition) is 2. The van der Waals surface area contributed by atoms with Crippen molar-refractivity contribution in [2.45, 2.75) is 39.2 Å². The fraction of sp³-hybridized carbons (Fsp3) is 0.500. The number of anilines is 2. The van der Waals surface area contributed by atoms with Gasteiger partial charge in [0.25, 0.3) is 0 Å². The van der Waals surface area contributed by atoms with Crippen LogP contribution in [0, 0.1) is 10.8 Å². The first-order chi connectivity index (χ1) is 13.3. The summed E-state index contributed by atoms with van der Waals surface area (Å²) in [5.41, 5.74) is 10.3. The van der Waals surface area contributed by atoms with Gasteiger partial charge in [-0.2, -0.15) is 0 Å². The van der Waals surface area contributed by atoms with Crippen molar-refractivity contribution in [2.75, 3.05) is 37.3 Å². The highest BCUT2D eigenvalue weighted by molar-refractivity contribution is 6.13. The molecule has 28 heavy (non-hydrogen) atoms. The van der Waals surface area contributed by atoms with Crippen molar-refractivity contribution < 1.29 is 0 Å². The van der Waals surface area contributed by atoms with Crippen LogP contribution in [0.25, 0.3) is 0 Å². The number of benzene rings is 1. The molecule has 6 nitrogen and oxygen atoms in total. The van der Waals surface area contributed by atoms with Gasteiger partial charge in [-0.05, 0) is 56.3 Å². The Morgan fingerprint density at radius 1 is 1.25 bits per heavy atom. The molecule has 2 aromatic rings. The summed E-state index contributed by atoms with van der Waals surface area (Å²) in [6, 6.07) is 8.49. The lowest BCUT2D eigenvalue weighted by Gasteiger charge is -2.38. The van der Waals surface area contributed by atoms with Gasteiger partial charge in [-0.1, -0.05) is 13.0 Å². The molecule has 0 bridgehead atoms. The molecule has 1 aromatic heterocycles. The monoisotopic (exact) mass is 378 g/mol. The van der Waals surface area contributed by atoms with E-state index in [0.29, 0.717) is 28.5 Å². The van der Waals surface area contributed by atoms with Gasteiger partial charge < -0.3 is 15.5 Å². The maximum Gasteiger partial charge on any atom is 0.132 e. The molecule has 4 rings (SSSR count). The van der Waals surface area contributed by atoms with E-state index in [1.165, 1.54) is 18.4 Å². The third-order valence-electron chi connectivity index (χ3n) is 6.31. The maximum absolute atomic E-state index is 8.74. The number of piperazine rings is 1. The van der Waals surface area contributed by atoms with Crippen LogP contribution in [0.15, 0.2) is 30.6 Å². The first-order valence-corrected chi connectivity index (χ1v) is 10.1. The van der Waals surface area contributed by atoms with Crippen LogP contribution < -0.4 is 10.6 Å². The molecule has 1 aliphatic carbocycles. The molecule has 1 atom stereocenters. The SMILES string of the molecule is CC1CN(c2cc(C(=N)c3cc(CC4(C)CC4)ccc3N)ncn2)CCN1C. The molecule has 1 unspecified atom stereocenters.